The van der Waals surface area contributed by atoms with Crippen molar-refractivity contribution in [3.8, 4) is 22.5 Å². The molecule has 0 radical (unpaired) electrons. The lowest BCUT2D eigenvalue weighted by atomic mass is 10.0. The number of hydrogen-bond acceptors (Lipinski definition) is 5. The highest BCUT2D eigenvalue weighted by Crippen LogP contribution is 2.38. The topological polar surface area (TPSA) is 69.6 Å². The predicted octanol–water partition coefficient (Wildman–Crippen LogP) is 4.89. The quantitative estimate of drug-likeness (QED) is 0.545. The van der Waals surface area contributed by atoms with E-state index in [-0.39, 0.29) is 12.4 Å². The molecule has 134 valence electrons. The lowest BCUT2D eigenvalue weighted by molar-refractivity contribution is 0.780. The number of aromatic nitrogens is 4. The van der Waals surface area contributed by atoms with Gasteiger partial charge in [0.25, 0.3) is 0 Å². The van der Waals surface area contributed by atoms with Gasteiger partial charge in [-0.1, -0.05) is 26.0 Å². The van der Waals surface area contributed by atoms with Gasteiger partial charge in [0.05, 0.1) is 22.5 Å². The Kier molecular flexibility index (Phi) is 4.98. The summed E-state index contributed by atoms with van der Waals surface area (Å²) in [5, 5.41) is 6.20. The number of benzene rings is 1. The number of halogens is 1. The minimum Gasteiger partial charge on any atom is -0.389 e. The van der Waals surface area contributed by atoms with E-state index in [9.17, 15) is 0 Å². The van der Waals surface area contributed by atoms with Crippen molar-refractivity contribution in [2.24, 2.45) is 7.05 Å². The number of nitrogens with two attached hydrogens (primary N) is 1. The van der Waals surface area contributed by atoms with Crippen LogP contribution in [-0.4, -0.2) is 19.1 Å². The third-order valence-corrected chi connectivity index (χ3v) is 4.90. The molecule has 0 unspecified atom stereocenters. The summed E-state index contributed by atoms with van der Waals surface area (Å²) in [5.41, 5.74) is 12.0. The molecule has 4 aromatic rings. The van der Waals surface area contributed by atoms with E-state index in [1.165, 1.54) is 11.5 Å². The zero-order valence-electron chi connectivity index (χ0n) is 14.8. The summed E-state index contributed by atoms with van der Waals surface area (Å²) >= 11 is 1.31. The Balaban J connectivity index is 0.00000196. The molecule has 4 rings (SSSR count). The first-order valence-corrected chi connectivity index (χ1v) is 8.96. The molecule has 0 aliphatic rings. The van der Waals surface area contributed by atoms with Crippen LogP contribution < -0.4 is 5.73 Å². The average Bonchev–Trinajstić information content (AvgIpc) is 3.15. The summed E-state index contributed by atoms with van der Waals surface area (Å²) in [6.07, 6.45) is 2.01. The second-order valence-electron chi connectivity index (χ2n) is 6.45. The Morgan fingerprint density at radius 2 is 1.96 bits per heavy atom. The summed E-state index contributed by atoms with van der Waals surface area (Å²) in [7, 11) is 1.92. The Labute approximate surface area is 162 Å². The number of rotatable bonds is 3. The SMILES string of the molecule is CC(C)c1cccc(-c2c(-c3ccc4nn(C)cc4c3)nsc2N)n1.Cl. The molecule has 3 heterocycles. The molecule has 0 aliphatic heterocycles. The summed E-state index contributed by atoms with van der Waals surface area (Å²) < 4.78 is 6.42. The van der Waals surface area contributed by atoms with Crippen LogP contribution in [0.2, 0.25) is 0 Å². The molecule has 0 spiro atoms. The normalized spacial score (nSPS) is 11.1. The molecular formula is C19H20ClN5S. The molecule has 0 saturated carbocycles. The molecule has 3 aromatic heterocycles. The van der Waals surface area contributed by atoms with Gasteiger partial charge >= 0.3 is 0 Å². The van der Waals surface area contributed by atoms with E-state index in [0.717, 1.165) is 39.1 Å². The van der Waals surface area contributed by atoms with E-state index in [2.05, 4.69) is 29.4 Å². The van der Waals surface area contributed by atoms with E-state index >= 15 is 0 Å². The van der Waals surface area contributed by atoms with Crippen LogP contribution in [0.3, 0.4) is 0 Å². The third kappa shape index (κ3) is 3.18. The lowest BCUT2D eigenvalue weighted by Gasteiger charge is -2.08. The van der Waals surface area contributed by atoms with E-state index in [1.54, 1.807) is 0 Å². The van der Waals surface area contributed by atoms with Crippen LogP contribution in [0, 0.1) is 0 Å². The van der Waals surface area contributed by atoms with E-state index in [4.69, 9.17) is 10.7 Å². The second-order valence-corrected chi connectivity index (χ2v) is 7.25. The number of aryl methyl sites for hydroxylation is 1. The van der Waals surface area contributed by atoms with Gasteiger partial charge in [-0.05, 0) is 41.7 Å². The minimum atomic E-state index is 0. The van der Waals surface area contributed by atoms with E-state index in [1.807, 2.05) is 48.3 Å². The second kappa shape index (κ2) is 7.05. The van der Waals surface area contributed by atoms with Gasteiger partial charge in [0.15, 0.2) is 0 Å². The highest BCUT2D eigenvalue weighted by Gasteiger charge is 2.18. The van der Waals surface area contributed by atoms with Crippen molar-refractivity contribution < 1.29 is 0 Å². The summed E-state index contributed by atoms with van der Waals surface area (Å²) in [4.78, 5) is 4.80. The fourth-order valence-corrected chi connectivity index (χ4v) is 3.63. The first kappa shape index (κ1) is 18.4. The average molecular weight is 386 g/mol. The van der Waals surface area contributed by atoms with Gasteiger partial charge in [0.2, 0.25) is 0 Å². The summed E-state index contributed by atoms with van der Waals surface area (Å²) in [6, 6.07) is 12.2. The summed E-state index contributed by atoms with van der Waals surface area (Å²) in [6.45, 7) is 4.27. The third-order valence-electron chi connectivity index (χ3n) is 4.23. The van der Waals surface area contributed by atoms with Crippen LogP contribution >= 0.6 is 23.9 Å². The first-order chi connectivity index (χ1) is 12.0. The van der Waals surface area contributed by atoms with Crippen molar-refractivity contribution in [2.45, 2.75) is 19.8 Å². The van der Waals surface area contributed by atoms with Gasteiger partial charge in [0.1, 0.15) is 5.00 Å². The van der Waals surface area contributed by atoms with Crippen LogP contribution in [0.4, 0.5) is 5.00 Å². The maximum atomic E-state index is 6.25. The Morgan fingerprint density at radius 1 is 1.15 bits per heavy atom. The fraction of sp³-hybridized carbons (Fsp3) is 0.211. The van der Waals surface area contributed by atoms with Crippen LogP contribution in [0.25, 0.3) is 33.4 Å². The van der Waals surface area contributed by atoms with Crippen molar-refractivity contribution in [2.75, 3.05) is 5.73 Å². The number of fused-ring (bicyclic) bond motifs is 1. The van der Waals surface area contributed by atoms with Crippen molar-refractivity contribution in [1.82, 2.24) is 19.1 Å². The Morgan fingerprint density at radius 3 is 2.73 bits per heavy atom. The maximum Gasteiger partial charge on any atom is 0.116 e. The highest BCUT2D eigenvalue weighted by atomic mass is 35.5. The smallest absolute Gasteiger partial charge is 0.116 e. The molecule has 0 atom stereocenters. The van der Waals surface area contributed by atoms with Crippen molar-refractivity contribution in [3.63, 3.8) is 0 Å². The molecule has 26 heavy (non-hydrogen) atoms. The van der Waals surface area contributed by atoms with E-state index < -0.39 is 0 Å². The lowest BCUT2D eigenvalue weighted by Crippen LogP contribution is -1.96. The van der Waals surface area contributed by atoms with Gasteiger partial charge in [-0.15, -0.1) is 12.4 Å². The fourth-order valence-electron chi connectivity index (χ4n) is 2.96. The maximum absolute atomic E-state index is 6.25. The number of hydrogen-bond donors (Lipinski definition) is 1. The number of pyridine rings is 1. The van der Waals surface area contributed by atoms with Gasteiger partial charge in [-0.2, -0.15) is 9.47 Å². The monoisotopic (exact) mass is 385 g/mol. The van der Waals surface area contributed by atoms with Crippen molar-refractivity contribution in [1.29, 1.82) is 0 Å². The van der Waals surface area contributed by atoms with Crippen molar-refractivity contribution in [3.05, 3.63) is 48.3 Å². The molecule has 0 aliphatic carbocycles. The van der Waals surface area contributed by atoms with Crippen LogP contribution in [-0.2, 0) is 7.05 Å². The van der Waals surface area contributed by atoms with Crippen LogP contribution in [0.15, 0.2) is 42.6 Å². The molecule has 7 heteroatoms. The van der Waals surface area contributed by atoms with Crippen LogP contribution in [0.1, 0.15) is 25.5 Å². The highest BCUT2D eigenvalue weighted by molar-refractivity contribution is 7.11. The standard InChI is InChI=1S/C19H19N5S.ClH/c1-11(2)14-5-4-6-16(21-14)17-18(23-25-19(17)20)12-7-8-15-13(9-12)10-24(3)22-15;/h4-11H,20H2,1-3H3;1H. The minimum absolute atomic E-state index is 0. The Bertz CT molecular complexity index is 1070. The molecule has 0 saturated heterocycles. The molecule has 5 nitrogen and oxygen atoms in total. The van der Waals surface area contributed by atoms with Gasteiger partial charge in [-0.25, -0.2) is 0 Å². The molecular weight excluding hydrogens is 366 g/mol. The molecule has 0 fully saturated rings. The van der Waals surface area contributed by atoms with E-state index in [0.29, 0.717) is 10.9 Å². The number of nitrogens with zero attached hydrogens (tertiary/aromatic N) is 4. The van der Waals surface area contributed by atoms with Gasteiger partial charge in [0, 0.05) is 29.9 Å². The molecule has 0 amide bonds. The first-order valence-electron chi connectivity index (χ1n) is 8.19. The molecule has 0 bridgehead atoms. The number of anilines is 1. The van der Waals surface area contributed by atoms with Crippen LogP contribution in [0.5, 0.6) is 0 Å². The Hall–Kier alpha value is -2.44. The zero-order valence-corrected chi connectivity index (χ0v) is 16.4. The largest absolute Gasteiger partial charge is 0.389 e. The van der Waals surface area contributed by atoms with Gasteiger partial charge < -0.3 is 5.73 Å². The van der Waals surface area contributed by atoms with Crippen molar-refractivity contribution >= 4 is 39.8 Å². The van der Waals surface area contributed by atoms with Gasteiger partial charge in [-0.3, -0.25) is 9.67 Å². The number of nitrogen functional groups attached to an aromatic ring is 1. The summed E-state index contributed by atoms with van der Waals surface area (Å²) in [5.74, 6) is 0.364. The predicted molar refractivity (Wildman–Crippen MR) is 111 cm³/mol. The molecule has 2 N–H and O–H groups in total. The molecule has 1 aromatic carbocycles. The zero-order chi connectivity index (χ0) is 17.6.